The molecule has 1 saturated carbocycles. The average Bonchev–Trinajstić information content (AvgIpc) is 3.91. The average molecular weight is 775 g/mol. The number of alkyl halides is 3. The minimum absolute atomic E-state index is 0.0553. The monoisotopic (exact) mass is 774 g/mol. The number of fused-ring (bicyclic) bond motifs is 1. The molecular weight excluding hydrogens is 733 g/mol. The third-order valence-corrected chi connectivity index (χ3v) is 10.0. The Bertz CT molecular complexity index is 2070. The molecule has 3 aromatic carbocycles. The number of carbonyl (C=O) groups is 2. The molecule has 5 aromatic rings. The van der Waals surface area contributed by atoms with E-state index in [1.165, 1.54) is 6.33 Å². The summed E-state index contributed by atoms with van der Waals surface area (Å²) in [4.78, 5) is 41.3. The van der Waals surface area contributed by atoms with Gasteiger partial charge in [0.25, 0.3) is 12.2 Å². The van der Waals surface area contributed by atoms with Gasteiger partial charge in [0.2, 0.25) is 5.95 Å². The number of amides is 1. The van der Waals surface area contributed by atoms with Crippen LogP contribution in [0.1, 0.15) is 41.5 Å². The molecule has 17 heteroatoms. The Morgan fingerprint density at radius 3 is 2.18 bits per heavy atom. The summed E-state index contributed by atoms with van der Waals surface area (Å²) < 4.78 is 50.7. The van der Waals surface area contributed by atoms with Gasteiger partial charge >= 0.3 is 12.1 Å². The third-order valence-electron chi connectivity index (χ3n) is 10.0. The van der Waals surface area contributed by atoms with Gasteiger partial charge in [-0.15, -0.1) is 0 Å². The van der Waals surface area contributed by atoms with E-state index in [-0.39, 0.29) is 25.0 Å². The predicted octanol–water partition coefficient (Wildman–Crippen LogP) is 3.41. The summed E-state index contributed by atoms with van der Waals surface area (Å²) in [5.41, 5.74) is 9.63. The normalized spacial score (nSPS) is 21.7. The number of halogens is 3. The second-order valence-electron chi connectivity index (χ2n) is 13.9. The van der Waals surface area contributed by atoms with Crippen LogP contribution in [0.15, 0.2) is 97.3 Å². The minimum atomic E-state index is -5.40. The van der Waals surface area contributed by atoms with Gasteiger partial charge in [0.15, 0.2) is 17.0 Å². The van der Waals surface area contributed by atoms with Crippen molar-refractivity contribution >= 4 is 34.8 Å². The SMILES string of the molecule is N[C@@H]1CCN(c2nc(NCC(c3ccccc3)c3ccccc3)c3ncn([C@@H]4C[C@H](NC(=O)C(OCc5ccccc5)OC(=O)C(F)(F)F)[C@@H](O)[C@H]4O)c3n2)C1. The van der Waals surface area contributed by atoms with Crippen molar-refractivity contribution < 1.29 is 42.4 Å². The highest BCUT2D eigenvalue weighted by Gasteiger charge is 2.47. The number of nitrogens with zero attached hydrogens (tertiary/aromatic N) is 5. The van der Waals surface area contributed by atoms with Crippen LogP contribution in [0, 0.1) is 0 Å². The molecule has 2 fully saturated rings. The molecule has 14 nitrogen and oxygen atoms in total. The number of ether oxygens (including phenoxy) is 2. The van der Waals surface area contributed by atoms with Crippen LogP contribution in [0.5, 0.6) is 0 Å². The van der Waals surface area contributed by atoms with E-state index in [1.54, 1.807) is 34.9 Å². The fourth-order valence-corrected chi connectivity index (χ4v) is 7.13. The van der Waals surface area contributed by atoms with Crippen LogP contribution in [0.3, 0.4) is 0 Å². The fraction of sp³-hybridized carbons (Fsp3) is 0.359. The number of hydrogen-bond acceptors (Lipinski definition) is 12. The molecular formula is C39H41F3N8O6. The van der Waals surface area contributed by atoms with E-state index >= 15 is 0 Å². The first-order chi connectivity index (χ1) is 27.0. The zero-order chi connectivity index (χ0) is 39.4. The van der Waals surface area contributed by atoms with E-state index in [2.05, 4.69) is 44.6 Å². The van der Waals surface area contributed by atoms with Gasteiger partial charge in [-0.25, -0.2) is 9.78 Å². The van der Waals surface area contributed by atoms with Gasteiger partial charge < -0.3 is 45.5 Å². The molecule has 6 atom stereocenters. The van der Waals surface area contributed by atoms with E-state index in [4.69, 9.17) is 20.4 Å². The van der Waals surface area contributed by atoms with Crippen molar-refractivity contribution in [2.24, 2.45) is 5.73 Å². The van der Waals surface area contributed by atoms with Crippen molar-refractivity contribution in [1.29, 1.82) is 0 Å². The molecule has 1 aliphatic heterocycles. The lowest BCUT2D eigenvalue weighted by molar-refractivity contribution is -0.226. The summed E-state index contributed by atoms with van der Waals surface area (Å²) >= 11 is 0. The van der Waals surface area contributed by atoms with Crippen LogP contribution < -0.4 is 21.3 Å². The maximum Gasteiger partial charge on any atom is 0.491 e. The molecule has 6 N–H and O–H groups in total. The highest BCUT2D eigenvalue weighted by Crippen LogP contribution is 2.36. The van der Waals surface area contributed by atoms with E-state index in [9.17, 15) is 33.0 Å². The lowest BCUT2D eigenvalue weighted by Crippen LogP contribution is -2.49. The van der Waals surface area contributed by atoms with Gasteiger partial charge in [-0.3, -0.25) is 4.79 Å². The fourth-order valence-electron chi connectivity index (χ4n) is 7.13. The van der Waals surface area contributed by atoms with E-state index in [0.29, 0.717) is 48.1 Å². The zero-order valence-electron chi connectivity index (χ0n) is 30.0. The van der Waals surface area contributed by atoms with E-state index in [0.717, 1.165) is 17.5 Å². The summed E-state index contributed by atoms with van der Waals surface area (Å²) in [5.74, 6) is -3.12. The third kappa shape index (κ3) is 8.60. The Morgan fingerprint density at radius 2 is 1.57 bits per heavy atom. The lowest BCUT2D eigenvalue weighted by atomic mass is 9.91. The second kappa shape index (κ2) is 16.6. The van der Waals surface area contributed by atoms with Gasteiger partial charge in [-0.1, -0.05) is 91.0 Å². The highest BCUT2D eigenvalue weighted by atomic mass is 19.4. The zero-order valence-corrected chi connectivity index (χ0v) is 30.0. The second-order valence-corrected chi connectivity index (χ2v) is 13.9. The van der Waals surface area contributed by atoms with Crippen molar-refractivity contribution in [3.63, 3.8) is 0 Å². The number of anilines is 2. The topological polar surface area (TPSA) is 190 Å². The number of nitrogens with two attached hydrogens (primary N) is 1. The Balaban J connectivity index is 1.15. The first kappa shape index (κ1) is 38.6. The molecule has 3 heterocycles. The van der Waals surface area contributed by atoms with Gasteiger partial charge in [0, 0.05) is 31.6 Å². The smallest absolute Gasteiger partial charge is 0.419 e. The summed E-state index contributed by atoms with van der Waals surface area (Å²) in [6.07, 6.45) is -8.68. The highest BCUT2D eigenvalue weighted by molar-refractivity contribution is 5.85. The maximum absolute atomic E-state index is 13.3. The molecule has 2 aromatic heterocycles. The van der Waals surface area contributed by atoms with Crippen molar-refractivity contribution in [3.8, 4) is 0 Å². The van der Waals surface area contributed by atoms with Crippen LogP contribution in [0.25, 0.3) is 11.2 Å². The number of aliphatic hydroxyl groups is 2. The molecule has 7 rings (SSSR count). The minimum Gasteiger partial charge on any atom is -0.419 e. The molecule has 1 unspecified atom stereocenters. The van der Waals surface area contributed by atoms with Crippen LogP contribution >= 0.6 is 0 Å². The molecule has 56 heavy (non-hydrogen) atoms. The Morgan fingerprint density at radius 1 is 0.929 bits per heavy atom. The van der Waals surface area contributed by atoms with E-state index < -0.39 is 48.6 Å². The molecule has 294 valence electrons. The van der Waals surface area contributed by atoms with Crippen LogP contribution in [-0.2, 0) is 25.7 Å². The van der Waals surface area contributed by atoms with Crippen LogP contribution in [0.4, 0.5) is 24.9 Å². The number of hydrogen-bond donors (Lipinski definition) is 5. The van der Waals surface area contributed by atoms with Crippen molar-refractivity contribution in [2.75, 3.05) is 29.9 Å². The molecule has 0 spiro atoms. The lowest BCUT2D eigenvalue weighted by Gasteiger charge is -2.22. The predicted molar refractivity (Wildman–Crippen MR) is 198 cm³/mol. The number of rotatable bonds is 13. The number of nitrogens with one attached hydrogen (secondary N) is 2. The standard InChI is InChI=1S/C39H41F3N8O6/c40-39(41,42)37(54)56-36(55-21-23-10-4-1-5-11-23)35(53)46-28-18-29(32(52)31(28)51)50-22-45-30-33(47-38(48-34(30)50)49-17-16-26(43)20-49)44-19-27(24-12-6-2-7-13-24)25-14-8-3-9-15-25/h1-15,22,26-29,31-32,36,51-52H,16-21,43H2,(H,46,53)(H,44,47,48)/t26-,28+,29-,31-,32+,36?/m1/s1. The molecule has 1 aliphatic carbocycles. The molecule has 1 amide bonds. The van der Waals surface area contributed by atoms with Crippen molar-refractivity contribution in [3.05, 3.63) is 114 Å². The Labute approximate surface area is 319 Å². The summed E-state index contributed by atoms with van der Waals surface area (Å²) in [7, 11) is 0. The van der Waals surface area contributed by atoms with Crippen LogP contribution in [-0.4, -0.2) is 98.0 Å². The Kier molecular flexibility index (Phi) is 11.5. The number of esters is 1. The van der Waals surface area contributed by atoms with Crippen molar-refractivity contribution in [2.45, 2.75) is 68.2 Å². The van der Waals surface area contributed by atoms with E-state index in [1.807, 2.05) is 41.3 Å². The molecule has 1 saturated heterocycles. The van der Waals surface area contributed by atoms with Gasteiger partial charge in [-0.2, -0.15) is 23.1 Å². The molecule has 0 bridgehead atoms. The first-order valence-corrected chi connectivity index (χ1v) is 18.1. The van der Waals surface area contributed by atoms with Gasteiger partial charge in [-0.05, 0) is 29.5 Å². The van der Waals surface area contributed by atoms with Gasteiger partial charge in [0.1, 0.15) is 12.2 Å². The van der Waals surface area contributed by atoms with Gasteiger partial charge in [0.05, 0.1) is 25.0 Å². The summed E-state index contributed by atoms with van der Waals surface area (Å²) in [6.45, 7) is 1.21. The molecule has 0 radical (unpaired) electrons. The number of aliphatic hydroxyl groups excluding tert-OH is 2. The quantitative estimate of drug-likeness (QED) is 0.0868. The number of carbonyl (C=O) groups excluding carboxylic acids is 2. The first-order valence-electron chi connectivity index (χ1n) is 18.1. The number of imidazole rings is 1. The summed E-state index contributed by atoms with van der Waals surface area (Å²) in [5, 5.41) is 28.4. The van der Waals surface area contributed by atoms with Crippen LogP contribution in [0.2, 0.25) is 0 Å². The summed E-state index contributed by atoms with van der Waals surface area (Å²) in [6, 6.07) is 26.1. The van der Waals surface area contributed by atoms with Crippen molar-refractivity contribution in [1.82, 2.24) is 24.8 Å². The largest absolute Gasteiger partial charge is 0.491 e. The maximum atomic E-state index is 13.3. The number of benzene rings is 3. The molecule has 2 aliphatic rings. The number of aromatic nitrogens is 4. The Hall–Kier alpha value is -5.62.